The first-order chi connectivity index (χ1) is 6.75. The monoisotopic (exact) mass is 228 g/mol. The fourth-order valence-corrected chi connectivity index (χ4v) is 2.79. The molecule has 0 radical (unpaired) electrons. The summed E-state index contributed by atoms with van der Waals surface area (Å²) in [6.07, 6.45) is 1.81. The first-order valence-corrected chi connectivity index (χ1v) is 5.96. The number of ketones is 2. The fourth-order valence-electron chi connectivity index (χ4n) is 2.54. The molecule has 0 saturated heterocycles. The molecule has 1 fully saturated rings. The van der Waals surface area contributed by atoms with Gasteiger partial charge >= 0.3 is 0 Å². The summed E-state index contributed by atoms with van der Waals surface area (Å²) in [5.41, 5.74) is 0. The van der Waals surface area contributed by atoms with Crippen LogP contribution in [0, 0.1) is 17.8 Å². The molecule has 0 aliphatic heterocycles. The van der Waals surface area contributed by atoms with Crippen molar-refractivity contribution in [1.29, 1.82) is 0 Å². The number of hydrogen-bond donors (Lipinski definition) is 1. The Labute approximate surface area is 97.2 Å². The van der Waals surface area contributed by atoms with Crippen LogP contribution < -0.4 is 0 Å². The summed E-state index contributed by atoms with van der Waals surface area (Å²) >= 11 is 4.46. The van der Waals surface area contributed by atoms with Gasteiger partial charge in [0.15, 0.2) is 0 Å². The Morgan fingerprint density at radius 2 is 1.93 bits per heavy atom. The van der Waals surface area contributed by atoms with E-state index in [4.69, 9.17) is 0 Å². The highest BCUT2D eigenvalue weighted by atomic mass is 32.1. The van der Waals surface area contributed by atoms with Crippen molar-refractivity contribution < 1.29 is 9.59 Å². The van der Waals surface area contributed by atoms with Crippen molar-refractivity contribution in [1.82, 2.24) is 0 Å². The van der Waals surface area contributed by atoms with Gasteiger partial charge in [-0.1, -0.05) is 20.8 Å². The van der Waals surface area contributed by atoms with Crippen LogP contribution >= 0.6 is 12.6 Å². The van der Waals surface area contributed by atoms with Gasteiger partial charge in [0.25, 0.3) is 0 Å². The average molecular weight is 228 g/mol. The number of hydrogen-bond acceptors (Lipinski definition) is 3. The lowest BCUT2D eigenvalue weighted by Gasteiger charge is -2.37. The maximum atomic E-state index is 12.2. The fraction of sp³-hybridized carbons (Fsp3) is 0.833. The second kappa shape index (κ2) is 4.28. The van der Waals surface area contributed by atoms with Gasteiger partial charge in [-0.2, -0.15) is 12.6 Å². The minimum atomic E-state index is -0.393. The second-order valence-electron chi connectivity index (χ2n) is 5.25. The Kier molecular flexibility index (Phi) is 3.64. The molecule has 0 aromatic carbocycles. The standard InChI is InChI=1S/C12H20O2S/c1-7-5-6-9(12(3,4)15)11(14)10(7)8(2)13/h7,9-10,15H,5-6H2,1-4H3. The van der Waals surface area contributed by atoms with Crippen LogP contribution in [0.2, 0.25) is 0 Å². The minimum absolute atomic E-state index is 0.00906. The molecule has 15 heavy (non-hydrogen) atoms. The molecular weight excluding hydrogens is 208 g/mol. The van der Waals surface area contributed by atoms with Gasteiger partial charge in [-0.3, -0.25) is 9.59 Å². The van der Waals surface area contributed by atoms with Gasteiger partial charge in [-0.15, -0.1) is 0 Å². The van der Waals surface area contributed by atoms with Crippen molar-refractivity contribution in [2.75, 3.05) is 0 Å². The Morgan fingerprint density at radius 1 is 1.40 bits per heavy atom. The molecule has 0 aromatic rings. The van der Waals surface area contributed by atoms with Gasteiger partial charge in [0, 0.05) is 10.7 Å². The van der Waals surface area contributed by atoms with Gasteiger partial charge in [-0.25, -0.2) is 0 Å². The maximum Gasteiger partial charge on any atom is 0.148 e. The molecule has 1 rings (SSSR count). The predicted octanol–water partition coefficient (Wildman–Crippen LogP) is 2.52. The van der Waals surface area contributed by atoms with Gasteiger partial charge in [0.05, 0.1) is 5.92 Å². The van der Waals surface area contributed by atoms with E-state index >= 15 is 0 Å². The third-order valence-electron chi connectivity index (χ3n) is 3.42. The summed E-state index contributed by atoms with van der Waals surface area (Å²) < 4.78 is -0.315. The van der Waals surface area contributed by atoms with E-state index in [1.807, 2.05) is 20.8 Å². The average Bonchev–Trinajstić information content (AvgIpc) is 2.00. The highest BCUT2D eigenvalue weighted by Gasteiger charge is 2.43. The molecule has 3 atom stereocenters. The summed E-state index contributed by atoms with van der Waals surface area (Å²) in [4.78, 5) is 23.6. The molecule has 0 spiro atoms. The van der Waals surface area contributed by atoms with Crippen LogP contribution in [0.15, 0.2) is 0 Å². The van der Waals surface area contributed by atoms with Crippen molar-refractivity contribution in [3.63, 3.8) is 0 Å². The van der Waals surface area contributed by atoms with Crippen LogP contribution in [0.1, 0.15) is 40.5 Å². The van der Waals surface area contributed by atoms with E-state index in [1.165, 1.54) is 6.92 Å². The van der Waals surface area contributed by atoms with Crippen molar-refractivity contribution >= 4 is 24.2 Å². The summed E-state index contributed by atoms with van der Waals surface area (Å²) in [6.45, 7) is 7.41. The molecule has 1 aliphatic carbocycles. The lowest BCUT2D eigenvalue weighted by Crippen LogP contribution is -2.44. The predicted molar refractivity (Wildman–Crippen MR) is 64.1 cm³/mol. The van der Waals surface area contributed by atoms with E-state index in [-0.39, 0.29) is 28.1 Å². The molecule has 0 amide bonds. The molecule has 3 unspecified atom stereocenters. The van der Waals surface area contributed by atoms with Crippen molar-refractivity contribution in [2.24, 2.45) is 17.8 Å². The Balaban J connectivity index is 2.92. The third-order valence-corrected chi connectivity index (χ3v) is 3.73. The maximum absolute atomic E-state index is 12.2. The minimum Gasteiger partial charge on any atom is -0.299 e. The van der Waals surface area contributed by atoms with Gasteiger partial charge in [0.2, 0.25) is 0 Å². The normalized spacial score (nSPS) is 32.9. The van der Waals surface area contributed by atoms with Crippen molar-refractivity contribution in [3.8, 4) is 0 Å². The van der Waals surface area contributed by atoms with Crippen molar-refractivity contribution in [3.05, 3.63) is 0 Å². The largest absolute Gasteiger partial charge is 0.299 e. The van der Waals surface area contributed by atoms with Gasteiger partial charge in [-0.05, 0) is 25.7 Å². The van der Waals surface area contributed by atoms with Gasteiger partial charge < -0.3 is 0 Å². The smallest absolute Gasteiger partial charge is 0.148 e. The van der Waals surface area contributed by atoms with E-state index in [0.29, 0.717) is 0 Å². The molecule has 3 heteroatoms. The number of carbonyl (C=O) groups is 2. The highest BCUT2D eigenvalue weighted by Crippen LogP contribution is 2.39. The quantitative estimate of drug-likeness (QED) is 0.582. The van der Waals surface area contributed by atoms with Crippen LogP contribution in [0.4, 0.5) is 0 Å². The summed E-state index contributed by atoms with van der Waals surface area (Å²) in [5.74, 6) is -0.168. The van der Waals surface area contributed by atoms with Crippen LogP contribution in [0.3, 0.4) is 0 Å². The van der Waals surface area contributed by atoms with Crippen LogP contribution in [-0.4, -0.2) is 16.3 Å². The first kappa shape index (κ1) is 12.8. The number of rotatable bonds is 2. The van der Waals surface area contributed by atoms with E-state index in [1.54, 1.807) is 0 Å². The number of carbonyl (C=O) groups excluding carboxylic acids is 2. The van der Waals surface area contributed by atoms with E-state index < -0.39 is 5.92 Å². The van der Waals surface area contributed by atoms with E-state index in [0.717, 1.165) is 12.8 Å². The molecule has 1 aliphatic rings. The number of Topliss-reactive ketones (excluding diaryl/α,β-unsaturated/α-hetero) is 2. The van der Waals surface area contributed by atoms with Crippen LogP contribution in [0.5, 0.6) is 0 Å². The highest BCUT2D eigenvalue weighted by molar-refractivity contribution is 7.81. The lowest BCUT2D eigenvalue weighted by molar-refractivity contribution is -0.139. The molecule has 0 heterocycles. The van der Waals surface area contributed by atoms with Crippen LogP contribution in [-0.2, 0) is 9.59 Å². The second-order valence-corrected chi connectivity index (χ2v) is 6.40. The lowest BCUT2D eigenvalue weighted by atomic mass is 9.68. The van der Waals surface area contributed by atoms with E-state index in [9.17, 15) is 9.59 Å². The Bertz CT molecular complexity index is 278. The molecule has 0 bridgehead atoms. The molecule has 2 nitrogen and oxygen atoms in total. The SMILES string of the molecule is CC(=O)C1C(=O)C(C(C)(C)S)CCC1C. The first-order valence-electron chi connectivity index (χ1n) is 5.51. The van der Waals surface area contributed by atoms with Crippen molar-refractivity contribution in [2.45, 2.75) is 45.3 Å². The molecule has 1 saturated carbocycles. The zero-order valence-electron chi connectivity index (χ0n) is 9.91. The Morgan fingerprint density at radius 3 is 2.33 bits per heavy atom. The Hall–Kier alpha value is -0.310. The zero-order valence-corrected chi connectivity index (χ0v) is 10.8. The summed E-state index contributed by atoms with van der Waals surface area (Å²) in [5, 5.41) is 0. The summed E-state index contributed by atoms with van der Waals surface area (Å²) in [6, 6.07) is 0. The van der Waals surface area contributed by atoms with Crippen LogP contribution in [0.25, 0.3) is 0 Å². The van der Waals surface area contributed by atoms with E-state index in [2.05, 4.69) is 12.6 Å². The summed E-state index contributed by atoms with van der Waals surface area (Å²) in [7, 11) is 0. The number of thiol groups is 1. The third kappa shape index (κ3) is 2.63. The molecule has 0 N–H and O–H groups in total. The molecule has 0 aromatic heterocycles. The molecule has 86 valence electrons. The van der Waals surface area contributed by atoms with Gasteiger partial charge in [0.1, 0.15) is 11.6 Å². The zero-order chi connectivity index (χ0) is 11.8. The molecular formula is C12H20O2S. The topological polar surface area (TPSA) is 34.1 Å².